The third kappa shape index (κ3) is 3.59. The molecule has 2 rings (SSSR count). The molecule has 18 heavy (non-hydrogen) atoms. The first-order chi connectivity index (χ1) is 8.50. The maximum absolute atomic E-state index is 11.9. The largest absolute Gasteiger partial charge is 0.259 e. The molecule has 0 amide bonds. The molecule has 0 saturated heterocycles. The molecule has 1 atom stereocenters. The molecule has 0 bridgehead atoms. The third-order valence-electron chi connectivity index (χ3n) is 2.86. The van der Waals surface area contributed by atoms with Gasteiger partial charge in [0.2, 0.25) is 10.0 Å². The zero-order valence-corrected chi connectivity index (χ0v) is 12.7. The molecule has 0 fully saturated rings. The Balaban J connectivity index is 2.07. The lowest BCUT2D eigenvalue weighted by Gasteiger charge is -2.08. The van der Waals surface area contributed by atoms with Gasteiger partial charge in [0.15, 0.2) is 5.13 Å². The zero-order chi connectivity index (χ0) is 13.2. The van der Waals surface area contributed by atoms with Crippen molar-refractivity contribution in [2.75, 3.05) is 16.4 Å². The van der Waals surface area contributed by atoms with Gasteiger partial charge in [-0.1, -0.05) is 6.92 Å². The summed E-state index contributed by atoms with van der Waals surface area (Å²) < 4.78 is 26.3. The first-order valence-corrected chi connectivity index (χ1v) is 9.05. The van der Waals surface area contributed by atoms with Gasteiger partial charge in [0.05, 0.1) is 11.4 Å². The number of aromatic nitrogens is 1. The van der Waals surface area contributed by atoms with Crippen LogP contribution in [-0.2, 0) is 22.9 Å². The highest BCUT2D eigenvalue weighted by Gasteiger charge is 2.20. The second-order valence-corrected chi connectivity index (χ2v) is 7.90. The summed E-state index contributed by atoms with van der Waals surface area (Å²) in [6.07, 6.45) is 4.30. The van der Waals surface area contributed by atoms with Gasteiger partial charge in [0.25, 0.3) is 0 Å². The van der Waals surface area contributed by atoms with Crippen molar-refractivity contribution in [2.24, 2.45) is 5.92 Å². The van der Waals surface area contributed by atoms with Crippen molar-refractivity contribution in [3.05, 3.63) is 10.6 Å². The van der Waals surface area contributed by atoms with Crippen molar-refractivity contribution < 1.29 is 8.42 Å². The Morgan fingerprint density at radius 1 is 1.44 bits per heavy atom. The molecule has 1 heterocycles. The summed E-state index contributed by atoms with van der Waals surface area (Å²) in [6.45, 7) is 1.82. The average Bonchev–Trinajstić information content (AvgIpc) is 2.68. The number of hydrogen-bond donors (Lipinski definition) is 1. The summed E-state index contributed by atoms with van der Waals surface area (Å²) in [4.78, 5) is 5.59. The highest BCUT2D eigenvalue weighted by atomic mass is 35.5. The predicted molar refractivity (Wildman–Crippen MR) is 76.0 cm³/mol. The van der Waals surface area contributed by atoms with Gasteiger partial charge in [-0.2, -0.15) is 0 Å². The van der Waals surface area contributed by atoms with Crippen LogP contribution in [0.4, 0.5) is 5.13 Å². The van der Waals surface area contributed by atoms with Crippen LogP contribution in [0.25, 0.3) is 0 Å². The Labute approximate surface area is 117 Å². The number of aryl methyl sites for hydroxylation is 2. The van der Waals surface area contributed by atoms with Crippen LogP contribution in [0.3, 0.4) is 0 Å². The van der Waals surface area contributed by atoms with Gasteiger partial charge in [0.1, 0.15) is 0 Å². The van der Waals surface area contributed by atoms with E-state index in [1.807, 2.05) is 6.92 Å². The molecule has 102 valence electrons. The fourth-order valence-corrected chi connectivity index (χ4v) is 4.94. The van der Waals surface area contributed by atoms with E-state index in [2.05, 4.69) is 9.71 Å². The second-order valence-electron chi connectivity index (χ2n) is 4.74. The lowest BCUT2D eigenvalue weighted by molar-refractivity contribution is 0.588. The minimum atomic E-state index is -3.33. The van der Waals surface area contributed by atoms with E-state index >= 15 is 0 Å². The molecule has 0 aromatic carbocycles. The number of nitrogens with zero attached hydrogens (tertiary/aromatic N) is 1. The van der Waals surface area contributed by atoms with Gasteiger partial charge in [-0.25, -0.2) is 13.4 Å². The van der Waals surface area contributed by atoms with E-state index in [0.717, 1.165) is 25.0 Å². The van der Waals surface area contributed by atoms with Crippen LogP contribution in [0.5, 0.6) is 0 Å². The van der Waals surface area contributed by atoms with Crippen LogP contribution in [-0.4, -0.2) is 25.0 Å². The molecule has 0 radical (unpaired) electrons. The Morgan fingerprint density at radius 3 is 2.83 bits per heavy atom. The summed E-state index contributed by atoms with van der Waals surface area (Å²) in [5.74, 6) is 0.328. The van der Waals surface area contributed by atoms with Crippen LogP contribution < -0.4 is 4.72 Å². The molecule has 7 heteroatoms. The van der Waals surface area contributed by atoms with E-state index in [4.69, 9.17) is 11.6 Å². The monoisotopic (exact) mass is 308 g/mol. The number of hydrogen-bond acceptors (Lipinski definition) is 4. The Morgan fingerprint density at radius 2 is 2.17 bits per heavy atom. The zero-order valence-electron chi connectivity index (χ0n) is 10.3. The number of anilines is 1. The van der Waals surface area contributed by atoms with E-state index in [1.54, 1.807) is 0 Å². The van der Waals surface area contributed by atoms with Gasteiger partial charge in [-0.3, -0.25) is 4.72 Å². The summed E-state index contributed by atoms with van der Waals surface area (Å²) in [5.41, 5.74) is 1.06. The van der Waals surface area contributed by atoms with Crippen molar-refractivity contribution in [2.45, 2.75) is 32.6 Å². The Kier molecular flexibility index (Phi) is 4.50. The number of rotatable bonds is 5. The van der Waals surface area contributed by atoms with Crippen molar-refractivity contribution >= 4 is 38.1 Å². The number of thiazole rings is 1. The molecule has 4 nitrogen and oxygen atoms in total. The van der Waals surface area contributed by atoms with Crippen molar-refractivity contribution in [3.8, 4) is 0 Å². The van der Waals surface area contributed by atoms with Crippen molar-refractivity contribution in [1.82, 2.24) is 4.98 Å². The number of nitrogens with one attached hydrogen (secondary N) is 1. The molecule has 1 aromatic rings. The lowest BCUT2D eigenvalue weighted by Crippen LogP contribution is -2.22. The standard InChI is InChI=1S/C11H17ClN2O2S2/c1-8(6-12)7-18(15,16)14-11-13-9-4-2-3-5-10(9)17-11/h8H,2-7H2,1H3,(H,13,14). The summed E-state index contributed by atoms with van der Waals surface area (Å²) in [6, 6.07) is 0. The maximum atomic E-state index is 11.9. The highest BCUT2D eigenvalue weighted by molar-refractivity contribution is 7.92. The van der Waals surface area contributed by atoms with Crippen LogP contribution in [0.1, 0.15) is 30.3 Å². The number of alkyl halides is 1. The SMILES string of the molecule is CC(CCl)CS(=O)(=O)Nc1nc2c(s1)CCCC2. The first-order valence-electron chi connectivity index (χ1n) is 6.05. The normalized spacial score (nSPS) is 17.2. The van der Waals surface area contributed by atoms with E-state index in [-0.39, 0.29) is 11.7 Å². The fraction of sp³-hybridized carbons (Fsp3) is 0.727. The number of fused-ring (bicyclic) bond motifs is 1. The molecule has 1 unspecified atom stereocenters. The van der Waals surface area contributed by atoms with E-state index in [9.17, 15) is 8.42 Å². The molecule has 0 spiro atoms. The molecular weight excluding hydrogens is 292 g/mol. The van der Waals surface area contributed by atoms with Gasteiger partial charge in [-0.15, -0.1) is 22.9 Å². The van der Waals surface area contributed by atoms with Gasteiger partial charge in [-0.05, 0) is 31.6 Å². The second kappa shape index (κ2) is 5.75. The predicted octanol–water partition coefficient (Wildman–Crippen LogP) is 2.64. The Bertz CT molecular complexity index is 490. The number of halogens is 1. The smallest absolute Gasteiger partial charge is 0.234 e. The lowest BCUT2D eigenvalue weighted by atomic mass is 10.0. The molecule has 1 aliphatic carbocycles. The minimum Gasteiger partial charge on any atom is -0.259 e. The molecule has 0 saturated carbocycles. The fourth-order valence-electron chi connectivity index (χ4n) is 1.99. The van der Waals surface area contributed by atoms with E-state index < -0.39 is 10.0 Å². The quantitative estimate of drug-likeness (QED) is 0.851. The average molecular weight is 309 g/mol. The van der Waals surface area contributed by atoms with Crippen LogP contribution in [0, 0.1) is 5.92 Å². The van der Waals surface area contributed by atoms with E-state index in [1.165, 1.54) is 22.6 Å². The highest BCUT2D eigenvalue weighted by Crippen LogP contribution is 2.30. The van der Waals surface area contributed by atoms with Gasteiger partial charge >= 0.3 is 0 Å². The van der Waals surface area contributed by atoms with Crippen LogP contribution in [0.2, 0.25) is 0 Å². The van der Waals surface area contributed by atoms with Gasteiger partial charge < -0.3 is 0 Å². The van der Waals surface area contributed by atoms with Gasteiger partial charge in [0, 0.05) is 10.8 Å². The van der Waals surface area contributed by atoms with E-state index in [0.29, 0.717) is 11.0 Å². The number of sulfonamides is 1. The van der Waals surface area contributed by atoms with Crippen molar-refractivity contribution in [1.29, 1.82) is 0 Å². The Hall–Kier alpha value is -0.330. The summed E-state index contributed by atoms with van der Waals surface area (Å²) in [7, 11) is -3.33. The molecule has 1 aromatic heterocycles. The maximum Gasteiger partial charge on any atom is 0.234 e. The van der Waals surface area contributed by atoms with Crippen LogP contribution >= 0.6 is 22.9 Å². The summed E-state index contributed by atoms with van der Waals surface area (Å²) in [5, 5.41) is 0.503. The molecular formula is C11H17ClN2O2S2. The summed E-state index contributed by atoms with van der Waals surface area (Å²) >= 11 is 7.10. The first kappa shape index (κ1) is 14.1. The molecule has 0 aliphatic heterocycles. The minimum absolute atomic E-state index is 0.0424. The van der Waals surface area contributed by atoms with Crippen LogP contribution in [0.15, 0.2) is 0 Å². The molecule has 1 N–H and O–H groups in total. The molecule has 1 aliphatic rings. The third-order valence-corrected chi connectivity index (χ3v) is 6.10. The topological polar surface area (TPSA) is 59.1 Å². The van der Waals surface area contributed by atoms with Crippen molar-refractivity contribution in [3.63, 3.8) is 0 Å².